The van der Waals surface area contributed by atoms with E-state index in [2.05, 4.69) is 184 Å². The number of rotatable bonds is 6. The van der Waals surface area contributed by atoms with Gasteiger partial charge in [0.15, 0.2) is 14.2 Å². The molecular weight excluding hydrogens is 802 g/mol. The summed E-state index contributed by atoms with van der Waals surface area (Å²) in [6.07, 6.45) is 4.22. The molecule has 7 heteroatoms. The summed E-state index contributed by atoms with van der Waals surface area (Å²) in [5.41, 5.74) is 8.33. The third-order valence-electron chi connectivity index (χ3n) is 13.4. The molecule has 0 aliphatic carbocycles. The molecule has 64 heavy (non-hydrogen) atoms. The van der Waals surface area contributed by atoms with E-state index in [-0.39, 0.29) is 0 Å². The third kappa shape index (κ3) is 5.16. The Labute approximate surface area is 369 Å². The maximum absolute atomic E-state index is 17.9. The lowest BCUT2D eigenvalue weighted by Crippen LogP contribution is -2.77. The van der Waals surface area contributed by atoms with Crippen LogP contribution in [0.2, 0.25) is 0 Å². The Bertz CT molecular complexity index is 3720. The van der Waals surface area contributed by atoms with E-state index in [9.17, 15) is 0 Å². The quantitative estimate of drug-likeness (QED) is 0.124. The molecule has 12 aromatic rings. The molecule has 0 saturated heterocycles. The molecule has 0 bridgehead atoms. The molecule has 0 N–H and O–H groups in total. The molecule has 0 spiro atoms. The van der Waals surface area contributed by atoms with Crippen molar-refractivity contribution < 1.29 is 4.39 Å². The number of halogens is 1. The highest BCUT2D eigenvalue weighted by Crippen LogP contribution is 2.46. The van der Waals surface area contributed by atoms with E-state index < -0.39 is 14.2 Å². The van der Waals surface area contributed by atoms with Crippen molar-refractivity contribution in [2.75, 3.05) is 4.90 Å². The number of aromatic nitrogens is 4. The highest BCUT2D eigenvalue weighted by Gasteiger charge is 2.50. The number of imidazole rings is 1. The molecular formula is C57H38FN5Si. The largest absolute Gasteiger partial charge is 0.309 e. The van der Waals surface area contributed by atoms with Crippen LogP contribution in [0.4, 0.5) is 21.6 Å². The van der Waals surface area contributed by atoms with Crippen molar-refractivity contribution in [3.05, 3.63) is 236 Å². The molecule has 1 aliphatic heterocycles. The molecule has 302 valence electrons. The Hall–Kier alpha value is -8.13. The zero-order chi connectivity index (χ0) is 42.4. The number of alkyl halides is 1. The second-order valence-corrected chi connectivity index (χ2v) is 20.4. The Morgan fingerprint density at radius 2 is 1.11 bits per heavy atom. The summed E-state index contributed by atoms with van der Waals surface area (Å²) in [5, 5.41) is 10.3. The summed E-state index contributed by atoms with van der Waals surface area (Å²) >= 11 is 0. The van der Waals surface area contributed by atoms with Gasteiger partial charge in [0.1, 0.15) is 11.5 Å². The van der Waals surface area contributed by atoms with Gasteiger partial charge in [-0.15, -0.1) is 0 Å². The molecule has 1 aliphatic rings. The highest BCUT2D eigenvalue weighted by molar-refractivity contribution is 7.21. The Morgan fingerprint density at radius 1 is 0.469 bits per heavy atom. The first-order valence-electron chi connectivity index (χ1n) is 21.7. The minimum atomic E-state index is -3.16. The SMILES string of the molecule is FC(c1ccc2c(c1)N(c1ccccn1)c1c(ccc3c1c1ccccc1n3-c1ccccc1)[Si]2(c1ccccc1)c1ccccc1)c1ccc2c3ccccc3n3ccnc3c2c1. The maximum atomic E-state index is 17.9. The Kier molecular flexibility index (Phi) is 8.10. The minimum absolute atomic E-state index is 0.575. The molecule has 0 fully saturated rings. The van der Waals surface area contributed by atoms with Crippen molar-refractivity contribution in [2.24, 2.45) is 0 Å². The van der Waals surface area contributed by atoms with E-state index in [0.717, 1.165) is 72.0 Å². The van der Waals surface area contributed by atoms with Crippen LogP contribution in [-0.2, 0) is 0 Å². The van der Waals surface area contributed by atoms with Crippen molar-refractivity contribution in [3.63, 3.8) is 0 Å². The summed E-state index contributed by atoms with van der Waals surface area (Å²) in [6.45, 7) is 0. The predicted molar refractivity (Wildman–Crippen MR) is 264 cm³/mol. The third-order valence-corrected chi connectivity index (χ3v) is 18.2. The average Bonchev–Trinajstić information content (AvgIpc) is 4.01. The molecule has 1 atom stereocenters. The number of hydrogen-bond acceptors (Lipinski definition) is 3. The summed E-state index contributed by atoms with van der Waals surface area (Å²) in [5.74, 6) is 0.768. The summed E-state index contributed by atoms with van der Waals surface area (Å²) in [4.78, 5) is 12.2. The van der Waals surface area contributed by atoms with Crippen molar-refractivity contribution in [2.45, 2.75) is 6.17 Å². The van der Waals surface area contributed by atoms with Crippen LogP contribution in [0.15, 0.2) is 225 Å². The van der Waals surface area contributed by atoms with Crippen LogP contribution in [0.25, 0.3) is 54.8 Å². The fourth-order valence-corrected chi connectivity index (χ4v) is 15.8. The zero-order valence-electron chi connectivity index (χ0n) is 34.6. The van der Waals surface area contributed by atoms with Crippen LogP contribution in [0, 0.1) is 0 Å². The van der Waals surface area contributed by atoms with Gasteiger partial charge in [-0.2, -0.15) is 0 Å². The number of pyridine rings is 2. The van der Waals surface area contributed by atoms with Crippen LogP contribution in [0.5, 0.6) is 0 Å². The zero-order valence-corrected chi connectivity index (χ0v) is 35.6. The lowest BCUT2D eigenvalue weighted by Gasteiger charge is -2.45. The summed E-state index contributed by atoms with van der Waals surface area (Å²) < 4.78 is 22.3. The molecule has 0 saturated carbocycles. The molecule has 5 nitrogen and oxygen atoms in total. The van der Waals surface area contributed by atoms with Gasteiger partial charge in [-0.05, 0) is 91.9 Å². The number of para-hydroxylation sites is 3. The van der Waals surface area contributed by atoms with Gasteiger partial charge < -0.3 is 4.57 Å². The molecule has 8 aromatic carbocycles. The first-order chi connectivity index (χ1) is 31.7. The summed E-state index contributed by atoms with van der Waals surface area (Å²) in [7, 11) is -3.16. The van der Waals surface area contributed by atoms with Gasteiger partial charge in [0.2, 0.25) is 0 Å². The van der Waals surface area contributed by atoms with Gasteiger partial charge in [-0.1, -0.05) is 152 Å². The van der Waals surface area contributed by atoms with Gasteiger partial charge in [0, 0.05) is 51.5 Å². The monoisotopic (exact) mass is 839 g/mol. The summed E-state index contributed by atoms with van der Waals surface area (Å²) in [6, 6.07) is 72.7. The second-order valence-electron chi connectivity index (χ2n) is 16.6. The Balaban J connectivity index is 1.13. The number of benzene rings is 8. The Morgan fingerprint density at radius 3 is 1.86 bits per heavy atom. The van der Waals surface area contributed by atoms with Gasteiger partial charge in [0.05, 0.1) is 22.2 Å². The van der Waals surface area contributed by atoms with E-state index in [0.29, 0.717) is 11.1 Å². The first kappa shape index (κ1) is 36.5. The predicted octanol–water partition coefficient (Wildman–Crippen LogP) is 11.4. The van der Waals surface area contributed by atoms with Crippen LogP contribution in [0.3, 0.4) is 0 Å². The van der Waals surface area contributed by atoms with E-state index in [4.69, 9.17) is 9.97 Å². The first-order valence-corrected chi connectivity index (χ1v) is 23.7. The molecule has 4 aromatic heterocycles. The number of nitrogens with zero attached hydrogens (tertiary/aromatic N) is 5. The lowest BCUT2D eigenvalue weighted by molar-refractivity contribution is 0.402. The van der Waals surface area contributed by atoms with Crippen molar-refractivity contribution >= 4 is 95.1 Å². The fraction of sp³-hybridized carbons (Fsp3) is 0.0175. The molecule has 0 amide bonds. The smallest absolute Gasteiger partial charge is 0.184 e. The van der Waals surface area contributed by atoms with Gasteiger partial charge in [-0.3, -0.25) is 9.30 Å². The molecule has 13 rings (SSSR count). The molecule has 5 heterocycles. The normalized spacial score (nSPS) is 13.7. The van der Waals surface area contributed by atoms with E-state index in [1.807, 2.05) is 55.0 Å². The van der Waals surface area contributed by atoms with Gasteiger partial charge in [0.25, 0.3) is 0 Å². The van der Waals surface area contributed by atoms with Crippen molar-refractivity contribution in [3.8, 4) is 5.69 Å². The highest BCUT2D eigenvalue weighted by atomic mass is 28.3. The van der Waals surface area contributed by atoms with Gasteiger partial charge >= 0.3 is 0 Å². The fourth-order valence-electron chi connectivity index (χ4n) is 10.7. The number of hydrogen-bond donors (Lipinski definition) is 0. The van der Waals surface area contributed by atoms with Gasteiger partial charge in [-0.25, -0.2) is 14.4 Å². The standard InChI is InChI=1S/C57H38FN5Si/c58-55(38-27-29-43-44-22-10-12-24-47(44)61-35-34-60-57(61)46(43)36-38)39-28-31-51-50(37-39)63(53-26-14-15-33-59-53)56-52(64(51,41-18-6-2-7-19-41)42-20-8-3-9-21-42)32-30-49-54(56)45-23-11-13-25-48(45)62(49)40-16-4-1-5-17-40/h1-37,55H. The number of fused-ring (bicyclic) bond motifs is 12. The van der Waals surface area contributed by atoms with Crippen LogP contribution < -0.4 is 25.6 Å². The minimum Gasteiger partial charge on any atom is -0.309 e. The second kappa shape index (κ2) is 14.2. The average molecular weight is 840 g/mol. The van der Waals surface area contributed by atoms with Crippen LogP contribution >= 0.6 is 0 Å². The van der Waals surface area contributed by atoms with Crippen molar-refractivity contribution in [1.29, 1.82) is 0 Å². The topological polar surface area (TPSA) is 38.4 Å². The molecule has 1 unspecified atom stereocenters. The lowest BCUT2D eigenvalue weighted by atomic mass is 9.97. The van der Waals surface area contributed by atoms with Crippen molar-refractivity contribution in [1.82, 2.24) is 18.9 Å². The number of anilines is 3. The van der Waals surface area contributed by atoms with E-state index >= 15 is 4.39 Å². The maximum Gasteiger partial charge on any atom is 0.184 e. The van der Waals surface area contributed by atoms with E-state index in [1.54, 1.807) is 0 Å². The van der Waals surface area contributed by atoms with Crippen LogP contribution in [0.1, 0.15) is 17.3 Å². The molecule has 0 radical (unpaired) electrons. The van der Waals surface area contributed by atoms with Crippen LogP contribution in [-0.4, -0.2) is 27.0 Å². The van der Waals surface area contributed by atoms with E-state index in [1.165, 1.54) is 20.7 Å².